The van der Waals surface area contributed by atoms with Crippen molar-refractivity contribution in [3.63, 3.8) is 0 Å². The third kappa shape index (κ3) is 5.26. The molecule has 4 heteroatoms. The van der Waals surface area contributed by atoms with E-state index >= 15 is 0 Å². The highest BCUT2D eigenvalue weighted by molar-refractivity contribution is 5.73. The smallest absolute Gasteiger partial charge is 0.217 e. The molecule has 0 unspecified atom stereocenters. The molecule has 0 radical (unpaired) electrons. The summed E-state index contributed by atoms with van der Waals surface area (Å²) in [5, 5.41) is 0. The second kappa shape index (κ2) is 4.29. The molecule has 9 heavy (non-hydrogen) atoms. The zero-order valence-corrected chi connectivity index (χ0v) is 5.34. The Kier molecular flexibility index (Phi) is 4.00. The van der Waals surface area contributed by atoms with Gasteiger partial charge in [0.15, 0.2) is 0 Å². The van der Waals surface area contributed by atoms with Gasteiger partial charge in [-0.15, -0.1) is 0 Å². The van der Waals surface area contributed by atoms with Crippen LogP contribution in [0.25, 0.3) is 0 Å². The standard InChI is InChI=1S/C5H13N3O/c6-3-4(7)1-2-5(8)9/h4H,1-3,6-7H2,(H2,8,9)/t4-/m1/s1. The van der Waals surface area contributed by atoms with Gasteiger partial charge in [0.05, 0.1) is 0 Å². The number of primary amides is 1. The zero-order chi connectivity index (χ0) is 7.28. The summed E-state index contributed by atoms with van der Waals surface area (Å²) in [6, 6.07) is -0.0856. The van der Waals surface area contributed by atoms with Crippen LogP contribution in [0, 0.1) is 0 Å². The molecule has 0 rings (SSSR count). The summed E-state index contributed by atoms with van der Waals surface area (Å²) in [6.07, 6.45) is 0.921. The van der Waals surface area contributed by atoms with Crippen LogP contribution in [0.15, 0.2) is 0 Å². The van der Waals surface area contributed by atoms with Crippen LogP contribution >= 0.6 is 0 Å². The third-order valence-corrected chi connectivity index (χ3v) is 1.06. The summed E-state index contributed by atoms with van der Waals surface area (Å²) in [6.45, 7) is 0.410. The number of amides is 1. The van der Waals surface area contributed by atoms with Crippen molar-refractivity contribution >= 4 is 5.91 Å². The lowest BCUT2D eigenvalue weighted by molar-refractivity contribution is -0.118. The third-order valence-electron chi connectivity index (χ3n) is 1.06. The summed E-state index contributed by atoms with van der Waals surface area (Å²) in [5.41, 5.74) is 15.4. The van der Waals surface area contributed by atoms with Crippen LogP contribution in [-0.4, -0.2) is 18.5 Å². The van der Waals surface area contributed by atoms with Crippen molar-refractivity contribution in [2.24, 2.45) is 17.2 Å². The normalized spacial score (nSPS) is 13.1. The van der Waals surface area contributed by atoms with Crippen molar-refractivity contribution in [3.05, 3.63) is 0 Å². The van der Waals surface area contributed by atoms with Crippen LogP contribution in [0.4, 0.5) is 0 Å². The van der Waals surface area contributed by atoms with Gasteiger partial charge in [-0.3, -0.25) is 4.79 Å². The van der Waals surface area contributed by atoms with E-state index in [0.29, 0.717) is 19.4 Å². The van der Waals surface area contributed by atoms with Crippen LogP contribution in [-0.2, 0) is 4.79 Å². The number of hydrogen-bond acceptors (Lipinski definition) is 3. The molecule has 0 fully saturated rings. The number of rotatable bonds is 4. The van der Waals surface area contributed by atoms with Gasteiger partial charge in [0.2, 0.25) is 5.91 Å². The molecule has 0 aromatic carbocycles. The topological polar surface area (TPSA) is 95.1 Å². The van der Waals surface area contributed by atoms with Crippen LogP contribution in [0.2, 0.25) is 0 Å². The molecule has 54 valence electrons. The van der Waals surface area contributed by atoms with Crippen molar-refractivity contribution < 1.29 is 4.79 Å². The molecular weight excluding hydrogens is 118 g/mol. The maximum atomic E-state index is 10.1. The predicted molar refractivity (Wildman–Crippen MR) is 35.5 cm³/mol. The molecule has 0 aromatic heterocycles. The molecule has 0 aliphatic heterocycles. The maximum absolute atomic E-state index is 10.1. The van der Waals surface area contributed by atoms with Crippen LogP contribution < -0.4 is 17.2 Å². The van der Waals surface area contributed by atoms with E-state index in [0.717, 1.165) is 0 Å². The minimum atomic E-state index is -0.320. The lowest BCUT2D eigenvalue weighted by Crippen LogP contribution is -2.30. The fraction of sp³-hybridized carbons (Fsp3) is 0.800. The second-order valence-electron chi connectivity index (χ2n) is 2.00. The van der Waals surface area contributed by atoms with Gasteiger partial charge in [0.1, 0.15) is 0 Å². The molecule has 0 bridgehead atoms. The van der Waals surface area contributed by atoms with Gasteiger partial charge in [-0.25, -0.2) is 0 Å². The molecule has 0 heterocycles. The summed E-state index contributed by atoms with van der Waals surface area (Å²) in [5.74, 6) is -0.320. The Morgan fingerprint density at radius 3 is 2.44 bits per heavy atom. The van der Waals surface area contributed by atoms with Gasteiger partial charge in [-0.05, 0) is 6.42 Å². The highest BCUT2D eigenvalue weighted by Gasteiger charge is 2.00. The lowest BCUT2D eigenvalue weighted by Gasteiger charge is -2.04. The van der Waals surface area contributed by atoms with Crippen LogP contribution in [0.5, 0.6) is 0 Å². The molecule has 4 nitrogen and oxygen atoms in total. The Bertz CT molecular complexity index is 94.2. The summed E-state index contributed by atoms with van der Waals surface area (Å²) in [7, 11) is 0. The van der Waals surface area contributed by atoms with E-state index < -0.39 is 0 Å². The Labute approximate surface area is 54.4 Å². The molecule has 0 saturated carbocycles. The van der Waals surface area contributed by atoms with Gasteiger partial charge in [-0.1, -0.05) is 0 Å². The Morgan fingerprint density at radius 2 is 2.11 bits per heavy atom. The fourth-order valence-electron chi connectivity index (χ4n) is 0.446. The minimum absolute atomic E-state index is 0.0856. The largest absolute Gasteiger partial charge is 0.370 e. The average molecular weight is 131 g/mol. The lowest BCUT2D eigenvalue weighted by atomic mass is 10.2. The first-order valence-electron chi connectivity index (χ1n) is 2.90. The van der Waals surface area contributed by atoms with E-state index in [1.165, 1.54) is 0 Å². The number of nitrogens with two attached hydrogens (primary N) is 3. The van der Waals surface area contributed by atoms with E-state index in [-0.39, 0.29) is 11.9 Å². The second-order valence-corrected chi connectivity index (χ2v) is 2.00. The van der Waals surface area contributed by atoms with Crippen molar-refractivity contribution in [3.8, 4) is 0 Å². The average Bonchev–Trinajstić information content (AvgIpc) is 1.83. The summed E-state index contributed by atoms with van der Waals surface area (Å²) >= 11 is 0. The summed E-state index contributed by atoms with van der Waals surface area (Å²) in [4.78, 5) is 10.1. The monoisotopic (exact) mass is 131 g/mol. The molecule has 0 saturated heterocycles. The van der Waals surface area contributed by atoms with E-state index in [1.807, 2.05) is 0 Å². The molecule has 0 aliphatic rings. The molecule has 0 aliphatic carbocycles. The number of hydrogen-bond donors (Lipinski definition) is 3. The highest BCUT2D eigenvalue weighted by atomic mass is 16.1. The van der Waals surface area contributed by atoms with Crippen molar-refractivity contribution in [1.29, 1.82) is 0 Å². The van der Waals surface area contributed by atoms with Gasteiger partial charge in [-0.2, -0.15) is 0 Å². The first kappa shape index (κ1) is 8.39. The Morgan fingerprint density at radius 1 is 1.56 bits per heavy atom. The van der Waals surface area contributed by atoms with E-state index in [4.69, 9.17) is 17.2 Å². The fourth-order valence-corrected chi connectivity index (χ4v) is 0.446. The van der Waals surface area contributed by atoms with Crippen molar-refractivity contribution in [1.82, 2.24) is 0 Å². The first-order chi connectivity index (χ1) is 4.16. The SMILES string of the molecule is NC[C@H](N)CCC(N)=O. The van der Waals surface area contributed by atoms with Crippen molar-refractivity contribution in [2.45, 2.75) is 18.9 Å². The van der Waals surface area contributed by atoms with Gasteiger partial charge >= 0.3 is 0 Å². The molecule has 1 atom stereocenters. The molecule has 0 spiro atoms. The van der Waals surface area contributed by atoms with Gasteiger partial charge in [0.25, 0.3) is 0 Å². The molecule has 0 aromatic rings. The quantitative estimate of drug-likeness (QED) is 0.435. The molecular formula is C5H13N3O. The Hall–Kier alpha value is -0.610. The van der Waals surface area contributed by atoms with Gasteiger partial charge in [0, 0.05) is 19.0 Å². The van der Waals surface area contributed by atoms with Crippen LogP contribution in [0.1, 0.15) is 12.8 Å². The highest BCUT2D eigenvalue weighted by Crippen LogP contribution is 1.89. The number of carbonyl (C=O) groups is 1. The molecule has 1 amide bonds. The van der Waals surface area contributed by atoms with Crippen molar-refractivity contribution in [2.75, 3.05) is 6.54 Å². The first-order valence-corrected chi connectivity index (χ1v) is 2.90. The van der Waals surface area contributed by atoms with E-state index in [1.54, 1.807) is 0 Å². The van der Waals surface area contributed by atoms with Crippen LogP contribution in [0.3, 0.4) is 0 Å². The Balaban J connectivity index is 3.16. The molecule has 6 N–H and O–H groups in total. The summed E-state index contributed by atoms with van der Waals surface area (Å²) < 4.78 is 0. The number of carbonyl (C=O) groups excluding carboxylic acids is 1. The minimum Gasteiger partial charge on any atom is -0.370 e. The zero-order valence-electron chi connectivity index (χ0n) is 5.34. The van der Waals surface area contributed by atoms with E-state index in [9.17, 15) is 4.79 Å². The maximum Gasteiger partial charge on any atom is 0.217 e. The predicted octanol–water partition coefficient (Wildman–Crippen LogP) is -1.46. The van der Waals surface area contributed by atoms with Gasteiger partial charge < -0.3 is 17.2 Å². The van der Waals surface area contributed by atoms with E-state index in [2.05, 4.69) is 0 Å².